The number of carbonyl (C=O) groups is 1. The molecule has 0 bridgehead atoms. The first-order valence-corrected chi connectivity index (χ1v) is 6.22. The molecule has 1 rings (SSSR count). The molecule has 0 aliphatic rings. The molecule has 18 heavy (non-hydrogen) atoms. The summed E-state index contributed by atoms with van der Waals surface area (Å²) < 4.78 is 4.98. The molecule has 0 fully saturated rings. The van der Waals surface area contributed by atoms with Gasteiger partial charge in [0.25, 0.3) is 0 Å². The molecule has 0 aromatic heterocycles. The Labute approximate surface area is 109 Å². The molecule has 0 amide bonds. The second kappa shape index (κ2) is 6.84. The van der Waals surface area contributed by atoms with E-state index in [2.05, 4.69) is 24.4 Å². The summed E-state index contributed by atoms with van der Waals surface area (Å²) in [5, 5.41) is 3.31. The summed E-state index contributed by atoms with van der Waals surface area (Å²) in [7, 11) is 0. The number of esters is 1. The van der Waals surface area contributed by atoms with Gasteiger partial charge in [-0.15, -0.1) is 0 Å². The van der Waals surface area contributed by atoms with Gasteiger partial charge in [0.15, 0.2) is 0 Å². The van der Waals surface area contributed by atoms with Crippen LogP contribution in [0.4, 0.5) is 0 Å². The van der Waals surface area contributed by atoms with Crippen molar-refractivity contribution in [2.75, 3.05) is 6.61 Å². The number of ether oxygens (including phenoxy) is 1. The van der Waals surface area contributed by atoms with E-state index < -0.39 is 0 Å². The highest BCUT2D eigenvalue weighted by atomic mass is 16.5. The molecule has 0 aliphatic heterocycles. The number of hydrogen-bond acceptors (Lipinski definition) is 3. The first-order chi connectivity index (χ1) is 8.56. The fourth-order valence-electron chi connectivity index (χ4n) is 1.65. The molecule has 1 atom stereocenters. The minimum Gasteiger partial charge on any atom is -0.463 e. The van der Waals surface area contributed by atoms with Gasteiger partial charge in [0, 0.05) is 11.7 Å². The van der Waals surface area contributed by atoms with Crippen molar-refractivity contribution >= 4 is 5.97 Å². The van der Waals surface area contributed by atoms with Crippen LogP contribution in [0, 0.1) is 0 Å². The van der Waals surface area contributed by atoms with Crippen molar-refractivity contribution in [1.29, 1.82) is 0 Å². The highest BCUT2D eigenvalue weighted by Gasteiger charge is 2.11. The average molecular weight is 247 g/mol. The molecule has 0 saturated carbocycles. The van der Waals surface area contributed by atoms with Gasteiger partial charge in [-0.25, -0.2) is 4.79 Å². The molecular formula is C15H21NO2. The lowest BCUT2D eigenvalue weighted by Gasteiger charge is -2.17. The molecule has 0 saturated heterocycles. The van der Waals surface area contributed by atoms with E-state index in [1.807, 2.05) is 25.1 Å². The van der Waals surface area contributed by atoms with E-state index >= 15 is 0 Å². The Morgan fingerprint density at radius 1 is 1.28 bits per heavy atom. The topological polar surface area (TPSA) is 38.3 Å². The minimum atomic E-state index is -0.261. The Bertz CT molecular complexity index is 423. The van der Waals surface area contributed by atoms with Crippen LogP contribution in [0.15, 0.2) is 41.6 Å². The smallest absolute Gasteiger partial charge is 0.335 e. The lowest BCUT2D eigenvalue weighted by atomic mass is 10.1. The van der Waals surface area contributed by atoms with Gasteiger partial charge in [-0.2, -0.15) is 0 Å². The zero-order valence-corrected chi connectivity index (χ0v) is 11.5. The van der Waals surface area contributed by atoms with Gasteiger partial charge in [-0.05, 0) is 33.3 Å². The molecule has 1 aromatic carbocycles. The van der Waals surface area contributed by atoms with Gasteiger partial charge in [0.05, 0.1) is 12.2 Å². The van der Waals surface area contributed by atoms with Crippen molar-refractivity contribution < 1.29 is 9.53 Å². The molecule has 1 N–H and O–H groups in total. The largest absolute Gasteiger partial charge is 0.463 e. The Kier molecular flexibility index (Phi) is 5.43. The molecule has 3 nitrogen and oxygen atoms in total. The van der Waals surface area contributed by atoms with Crippen LogP contribution in [0.1, 0.15) is 39.3 Å². The maximum atomic E-state index is 11.6. The Hall–Kier alpha value is -1.77. The maximum absolute atomic E-state index is 11.6. The summed E-state index contributed by atoms with van der Waals surface area (Å²) in [4.78, 5) is 11.6. The molecule has 3 heteroatoms. The molecule has 0 heterocycles. The van der Waals surface area contributed by atoms with Crippen LogP contribution >= 0.6 is 0 Å². The molecule has 1 aromatic rings. The molecule has 98 valence electrons. The zero-order chi connectivity index (χ0) is 13.5. The van der Waals surface area contributed by atoms with Crippen LogP contribution in [0.2, 0.25) is 0 Å². The number of nitrogens with one attached hydrogen (secondary N) is 1. The second-order valence-electron chi connectivity index (χ2n) is 4.25. The van der Waals surface area contributed by atoms with Gasteiger partial charge in [0.2, 0.25) is 0 Å². The number of benzene rings is 1. The van der Waals surface area contributed by atoms with Gasteiger partial charge in [-0.1, -0.05) is 30.3 Å². The number of hydrogen-bond donors (Lipinski definition) is 1. The van der Waals surface area contributed by atoms with E-state index in [1.54, 1.807) is 13.8 Å². The van der Waals surface area contributed by atoms with Crippen molar-refractivity contribution in [3.63, 3.8) is 0 Å². The number of rotatable bonds is 5. The summed E-state index contributed by atoms with van der Waals surface area (Å²) in [5.74, 6) is -0.261. The summed E-state index contributed by atoms with van der Waals surface area (Å²) >= 11 is 0. The Morgan fingerprint density at radius 3 is 2.44 bits per heavy atom. The van der Waals surface area contributed by atoms with Crippen LogP contribution < -0.4 is 5.32 Å². The van der Waals surface area contributed by atoms with Crippen LogP contribution in [0.3, 0.4) is 0 Å². The summed E-state index contributed by atoms with van der Waals surface area (Å²) in [6.45, 7) is 7.94. The first kappa shape index (κ1) is 14.3. The third-order valence-electron chi connectivity index (χ3n) is 2.88. The van der Waals surface area contributed by atoms with Gasteiger partial charge in [-0.3, -0.25) is 0 Å². The van der Waals surface area contributed by atoms with Crippen molar-refractivity contribution in [3.8, 4) is 0 Å². The van der Waals surface area contributed by atoms with Gasteiger partial charge < -0.3 is 10.1 Å². The molecular weight excluding hydrogens is 226 g/mol. The van der Waals surface area contributed by atoms with Crippen molar-refractivity contribution in [1.82, 2.24) is 5.32 Å². The maximum Gasteiger partial charge on any atom is 0.335 e. The van der Waals surface area contributed by atoms with E-state index in [-0.39, 0.29) is 12.0 Å². The predicted molar refractivity (Wildman–Crippen MR) is 73.0 cm³/mol. The third kappa shape index (κ3) is 3.91. The first-order valence-electron chi connectivity index (χ1n) is 6.22. The molecule has 0 aliphatic carbocycles. The lowest BCUT2D eigenvalue weighted by Crippen LogP contribution is -2.20. The van der Waals surface area contributed by atoms with Gasteiger partial charge >= 0.3 is 5.97 Å². The number of allylic oxidation sites excluding steroid dienone is 1. The second-order valence-corrected chi connectivity index (χ2v) is 4.25. The van der Waals surface area contributed by atoms with Crippen LogP contribution in [0.5, 0.6) is 0 Å². The zero-order valence-electron chi connectivity index (χ0n) is 11.5. The molecule has 0 spiro atoms. The van der Waals surface area contributed by atoms with Crippen LogP contribution in [0.25, 0.3) is 0 Å². The van der Waals surface area contributed by atoms with Gasteiger partial charge in [0.1, 0.15) is 0 Å². The van der Waals surface area contributed by atoms with Crippen LogP contribution in [-0.4, -0.2) is 12.6 Å². The van der Waals surface area contributed by atoms with E-state index in [9.17, 15) is 4.79 Å². The molecule has 0 unspecified atom stereocenters. The van der Waals surface area contributed by atoms with Crippen molar-refractivity contribution in [3.05, 3.63) is 47.2 Å². The summed E-state index contributed by atoms with van der Waals surface area (Å²) in [6.07, 6.45) is 0. The summed E-state index contributed by atoms with van der Waals surface area (Å²) in [5.41, 5.74) is 2.66. The Morgan fingerprint density at radius 2 is 1.89 bits per heavy atom. The lowest BCUT2D eigenvalue weighted by molar-refractivity contribution is -0.138. The van der Waals surface area contributed by atoms with E-state index in [1.165, 1.54) is 5.56 Å². The highest BCUT2D eigenvalue weighted by Crippen LogP contribution is 2.14. The van der Waals surface area contributed by atoms with Crippen molar-refractivity contribution in [2.45, 2.75) is 33.7 Å². The number of carbonyl (C=O) groups excluding carboxylic acids is 1. The fourth-order valence-corrected chi connectivity index (χ4v) is 1.65. The SMILES string of the molecule is CCOC(=O)C(C)=C(C)N[C@@H](C)c1ccccc1. The molecule has 0 radical (unpaired) electrons. The van der Waals surface area contributed by atoms with E-state index in [0.717, 1.165) is 5.70 Å². The monoisotopic (exact) mass is 247 g/mol. The normalized spacial score (nSPS) is 13.6. The highest BCUT2D eigenvalue weighted by molar-refractivity contribution is 5.88. The Balaban J connectivity index is 2.72. The summed E-state index contributed by atoms with van der Waals surface area (Å²) in [6, 6.07) is 10.3. The third-order valence-corrected chi connectivity index (χ3v) is 2.88. The quantitative estimate of drug-likeness (QED) is 0.641. The minimum absolute atomic E-state index is 0.163. The fraction of sp³-hybridized carbons (Fsp3) is 0.400. The van der Waals surface area contributed by atoms with Crippen LogP contribution in [-0.2, 0) is 9.53 Å². The van der Waals surface area contributed by atoms with E-state index in [0.29, 0.717) is 12.2 Å². The van der Waals surface area contributed by atoms with E-state index in [4.69, 9.17) is 4.74 Å². The predicted octanol–water partition coefficient (Wildman–Crippen LogP) is 3.19. The standard InChI is InChI=1S/C15H21NO2/c1-5-18-15(17)11(2)12(3)16-13(4)14-9-7-6-8-10-14/h6-10,13,16H,5H2,1-4H3/t13-/m0/s1. The average Bonchev–Trinajstić information content (AvgIpc) is 2.39. The van der Waals surface area contributed by atoms with Crippen molar-refractivity contribution in [2.24, 2.45) is 0 Å².